The molecule has 6 N–H and O–H groups in total. The first kappa shape index (κ1) is 35.4. The van der Waals surface area contributed by atoms with Crippen LogP contribution in [-0.2, 0) is 20.9 Å². The zero-order valence-corrected chi connectivity index (χ0v) is 27.8. The van der Waals surface area contributed by atoms with Gasteiger partial charge in [0.25, 0.3) is 0 Å². The summed E-state index contributed by atoms with van der Waals surface area (Å²) in [6.45, 7) is 8.63. The van der Waals surface area contributed by atoms with E-state index < -0.39 is 0 Å². The maximum atomic E-state index is 13.2. The van der Waals surface area contributed by atoms with Crippen LogP contribution in [0.1, 0.15) is 45.1 Å². The molecule has 0 radical (unpaired) electrons. The average Bonchev–Trinajstić information content (AvgIpc) is 3.67. The largest absolute Gasteiger partial charge is 0.481 e. The van der Waals surface area contributed by atoms with Crippen molar-refractivity contribution < 1.29 is 28.7 Å². The second-order valence-corrected chi connectivity index (χ2v) is 12.1. The molecule has 1 aromatic rings. The first-order chi connectivity index (χ1) is 22.6. The van der Waals surface area contributed by atoms with Crippen LogP contribution in [-0.4, -0.2) is 118 Å². The van der Waals surface area contributed by atoms with E-state index in [0.717, 1.165) is 24.0 Å². The van der Waals surface area contributed by atoms with Gasteiger partial charge in [0.2, 0.25) is 23.6 Å². The number of aromatic nitrogens is 1. The molecule has 6 amide bonds. The van der Waals surface area contributed by atoms with E-state index in [4.69, 9.17) is 9.47 Å². The van der Waals surface area contributed by atoms with E-state index in [1.54, 1.807) is 23.0 Å². The van der Waals surface area contributed by atoms with Gasteiger partial charge in [-0.25, -0.2) is 14.6 Å². The number of nitrogens with one attached hydrogen (secondary N) is 6. The van der Waals surface area contributed by atoms with E-state index in [9.17, 15) is 19.2 Å². The highest BCUT2D eigenvalue weighted by Gasteiger charge is 2.46. The second kappa shape index (κ2) is 16.9. The average molecular weight is 657 g/mol. The number of carbonyl (C=O) groups is 4. The fraction of sp³-hybridized carbons (Fsp3) is 0.613. The Morgan fingerprint density at radius 2 is 1.43 bits per heavy atom. The summed E-state index contributed by atoms with van der Waals surface area (Å²) in [5, 5.41) is 17.8. The summed E-state index contributed by atoms with van der Waals surface area (Å²) >= 11 is 0. The van der Waals surface area contributed by atoms with Gasteiger partial charge in [-0.3, -0.25) is 20.2 Å². The van der Waals surface area contributed by atoms with E-state index in [1.807, 2.05) is 6.07 Å². The van der Waals surface area contributed by atoms with Crippen LogP contribution < -0.4 is 36.6 Å². The van der Waals surface area contributed by atoms with Crippen LogP contribution in [0.3, 0.4) is 0 Å². The molecule has 47 heavy (non-hydrogen) atoms. The number of aliphatic imine (C=N–C) groups is 1. The van der Waals surface area contributed by atoms with E-state index >= 15 is 0 Å². The van der Waals surface area contributed by atoms with E-state index in [0.29, 0.717) is 102 Å². The summed E-state index contributed by atoms with van der Waals surface area (Å²) in [5.74, 6) is 1.72. The molecule has 0 aliphatic carbocycles. The number of hydrogen-bond donors (Lipinski definition) is 6. The maximum absolute atomic E-state index is 13.2. The van der Waals surface area contributed by atoms with E-state index in [2.05, 4.69) is 41.9 Å². The lowest BCUT2D eigenvalue weighted by atomic mass is 9.86. The third kappa shape index (κ3) is 10.3. The van der Waals surface area contributed by atoms with Gasteiger partial charge in [-0.2, -0.15) is 4.98 Å². The van der Waals surface area contributed by atoms with Gasteiger partial charge in [-0.05, 0) is 31.4 Å². The molecular weight excluding hydrogens is 608 g/mol. The van der Waals surface area contributed by atoms with Gasteiger partial charge in [0.05, 0.1) is 14.2 Å². The molecule has 2 saturated heterocycles. The van der Waals surface area contributed by atoms with Crippen molar-refractivity contribution >= 4 is 35.5 Å². The first-order valence-electron chi connectivity index (χ1n) is 16.0. The number of nitrogens with zero attached hydrogens (tertiary/aromatic N) is 4. The van der Waals surface area contributed by atoms with Crippen LogP contribution in [0.5, 0.6) is 5.88 Å². The molecule has 1 atom stereocenters. The van der Waals surface area contributed by atoms with Crippen molar-refractivity contribution in [3.8, 4) is 5.88 Å². The molecule has 258 valence electrons. The third-order valence-electron chi connectivity index (χ3n) is 8.47. The van der Waals surface area contributed by atoms with Gasteiger partial charge in [0.1, 0.15) is 11.7 Å². The van der Waals surface area contributed by atoms with Crippen molar-refractivity contribution in [3.63, 3.8) is 0 Å². The molecule has 3 aliphatic heterocycles. The first-order valence-corrected chi connectivity index (χ1v) is 16.0. The lowest BCUT2D eigenvalue weighted by molar-refractivity contribution is -0.119. The zero-order chi connectivity index (χ0) is 33.8. The number of urea groups is 2. The summed E-state index contributed by atoms with van der Waals surface area (Å²) in [7, 11) is 3.09. The van der Waals surface area contributed by atoms with Crippen molar-refractivity contribution in [2.24, 2.45) is 10.4 Å². The standard InChI is InChI=1S/C31H48N10O6/c1-21(42)34-13-11-32-17-23-5-7-25(36-27(23)46-3)38-29(44)40-15-9-31(19-40)10-16-41(20-31)30(45)39-26-8-6-24(28(37-26)47-4)18-33-12-14-35-22(2)43/h5,7,32-33H,6,8-20H2,1-4H3,(H,34,42)(H,35,43)(H,36,38,44)(H,37,39,45). The number of pyridine rings is 1. The molecule has 16 nitrogen and oxygen atoms in total. The number of likely N-dealkylation sites (tertiary alicyclic amines) is 2. The Balaban J connectivity index is 1.24. The molecular formula is C31H48N10O6. The number of hydrogen-bond acceptors (Lipinski definition) is 10. The lowest BCUT2D eigenvalue weighted by Crippen LogP contribution is -2.44. The van der Waals surface area contributed by atoms with Gasteiger partial charge in [0, 0.05) is 102 Å². The van der Waals surface area contributed by atoms with Gasteiger partial charge in [-0.15, -0.1) is 0 Å². The van der Waals surface area contributed by atoms with Crippen molar-refractivity contribution in [3.05, 3.63) is 29.2 Å². The number of rotatable bonds is 13. The number of ether oxygens (including phenoxy) is 2. The van der Waals surface area contributed by atoms with E-state index in [-0.39, 0.29) is 29.3 Å². The SMILES string of the molecule is COC1=C(CNCCNC(C)=O)CCC(NC(=O)N2CCC3(CCN(C(=O)Nc4ccc(CNCCNC(C)=O)c(OC)n4)C3)C2)=N1. The quantitative estimate of drug-likeness (QED) is 0.166. The fourth-order valence-electron chi connectivity index (χ4n) is 5.99. The van der Waals surface area contributed by atoms with Crippen LogP contribution >= 0.6 is 0 Å². The summed E-state index contributed by atoms with van der Waals surface area (Å²) in [6, 6.07) is 3.15. The Hall–Kier alpha value is -4.44. The van der Waals surface area contributed by atoms with Crippen molar-refractivity contribution in [1.82, 2.24) is 41.4 Å². The van der Waals surface area contributed by atoms with Crippen LogP contribution in [0, 0.1) is 5.41 Å². The lowest BCUT2D eigenvalue weighted by Gasteiger charge is -2.25. The Morgan fingerprint density at radius 3 is 2.02 bits per heavy atom. The summed E-state index contributed by atoms with van der Waals surface area (Å²) in [6.07, 6.45) is 2.90. The maximum Gasteiger partial charge on any atom is 0.323 e. The number of amides is 6. The predicted octanol–water partition coefficient (Wildman–Crippen LogP) is 0.731. The summed E-state index contributed by atoms with van der Waals surface area (Å²) in [5.41, 5.74) is 1.68. The highest BCUT2D eigenvalue weighted by atomic mass is 16.5. The molecule has 1 aromatic heterocycles. The molecule has 1 unspecified atom stereocenters. The van der Waals surface area contributed by atoms with Crippen molar-refractivity contribution in [2.75, 3.05) is 78.4 Å². The van der Waals surface area contributed by atoms with Gasteiger partial charge in [0.15, 0.2) is 0 Å². The minimum atomic E-state index is -0.239. The molecule has 2 fully saturated rings. The molecule has 0 aromatic carbocycles. The minimum Gasteiger partial charge on any atom is -0.481 e. The van der Waals surface area contributed by atoms with Crippen LogP contribution in [0.2, 0.25) is 0 Å². The Kier molecular flexibility index (Phi) is 12.8. The zero-order valence-electron chi connectivity index (χ0n) is 27.8. The number of carbonyl (C=O) groups excluding carboxylic acids is 4. The normalized spacial score (nSPS) is 19.0. The Bertz CT molecular complexity index is 1370. The topological polar surface area (TPSA) is 191 Å². The van der Waals surface area contributed by atoms with Crippen LogP contribution in [0.25, 0.3) is 0 Å². The smallest absolute Gasteiger partial charge is 0.323 e. The number of anilines is 1. The summed E-state index contributed by atoms with van der Waals surface area (Å²) < 4.78 is 10.9. The monoisotopic (exact) mass is 656 g/mol. The Labute approximate surface area is 275 Å². The Morgan fingerprint density at radius 1 is 0.809 bits per heavy atom. The molecule has 4 heterocycles. The minimum absolute atomic E-state index is 0.0648. The summed E-state index contributed by atoms with van der Waals surface area (Å²) in [4.78, 5) is 61.0. The van der Waals surface area contributed by atoms with Gasteiger partial charge in [-0.1, -0.05) is 0 Å². The van der Waals surface area contributed by atoms with Gasteiger partial charge < -0.3 is 40.5 Å². The molecule has 0 bridgehead atoms. The van der Waals surface area contributed by atoms with Crippen LogP contribution in [0.15, 0.2) is 28.6 Å². The third-order valence-corrected chi connectivity index (χ3v) is 8.47. The highest BCUT2D eigenvalue weighted by Crippen LogP contribution is 2.39. The number of amidine groups is 1. The van der Waals surface area contributed by atoms with Crippen molar-refractivity contribution in [2.45, 2.75) is 46.1 Å². The molecule has 4 rings (SSSR count). The molecule has 1 spiro atoms. The molecule has 16 heteroatoms. The fourth-order valence-corrected chi connectivity index (χ4v) is 5.99. The van der Waals surface area contributed by atoms with Gasteiger partial charge >= 0.3 is 12.1 Å². The predicted molar refractivity (Wildman–Crippen MR) is 176 cm³/mol. The molecule has 3 aliphatic rings. The highest BCUT2D eigenvalue weighted by molar-refractivity contribution is 5.98. The second-order valence-electron chi connectivity index (χ2n) is 12.1. The van der Waals surface area contributed by atoms with E-state index in [1.165, 1.54) is 21.0 Å². The van der Waals surface area contributed by atoms with Crippen LogP contribution in [0.4, 0.5) is 15.4 Å². The van der Waals surface area contributed by atoms with Crippen molar-refractivity contribution in [1.29, 1.82) is 0 Å². The molecule has 0 saturated carbocycles. The number of methoxy groups -OCH3 is 2.